The number of ether oxygens (including phenoxy) is 1. The highest BCUT2D eigenvalue weighted by Gasteiger charge is 2.42. The van der Waals surface area contributed by atoms with Crippen molar-refractivity contribution in [1.82, 2.24) is 4.90 Å². The molecule has 3 atom stereocenters. The maximum atomic E-state index is 12.6. The van der Waals surface area contributed by atoms with Crippen molar-refractivity contribution in [2.24, 2.45) is 22.7 Å². The molecule has 0 bridgehead atoms. The van der Waals surface area contributed by atoms with Crippen molar-refractivity contribution < 1.29 is 24.2 Å². The van der Waals surface area contributed by atoms with E-state index in [1.165, 1.54) is 4.90 Å². The first-order valence-electron chi connectivity index (χ1n) is 10.4. The lowest BCUT2D eigenvalue weighted by Gasteiger charge is -2.30. The summed E-state index contributed by atoms with van der Waals surface area (Å²) in [5, 5.41) is 8.52. The van der Waals surface area contributed by atoms with Gasteiger partial charge in [0.25, 0.3) is 0 Å². The lowest BCUT2D eigenvalue weighted by atomic mass is 9.81. The second-order valence-corrected chi connectivity index (χ2v) is 10.1. The second kappa shape index (κ2) is 10.1. The summed E-state index contributed by atoms with van der Waals surface area (Å²) in [6.45, 7) is 15.6. The fourth-order valence-corrected chi connectivity index (χ4v) is 2.72. The number of hydrogen-bond donors (Lipinski definition) is 1. The molecule has 0 spiro atoms. The van der Waals surface area contributed by atoms with E-state index in [2.05, 4.69) is 0 Å². The Morgan fingerprint density at radius 3 is 1.93 bits per heavy atom. The summed E-state index contributed by atoms with van der Waals surface area (Å²) in [4.78, 5) is 36.2. The molecule has 0 aliphatic carbocycles. The van der Waals surface area contributed by atoms with Gasteiger partial charge in [0, 0.05) is 5.92 Å². The summed E-state index contributed by atoms with van der Waals surface area (Å²) in [5.41, 5.74) is 0.797. The Morgan fingerprint density at radius 2 is 1.53 bits per heavy atom. The van der Waals surface area contributed by atoms with Gasteiger partial charge in [-0.3, -0.25) is 9.59 Å². The molecule has 0 saturated carbocycles. The van der Waals surface area contributed by atoms with Gasteiger partial charge < -0.3 is 9.84 Å². The Morgan fingerprint density at radius 1 is 1.03 bits per heavy atom. The van der Waals surface area contributed by atoms with Gasteiger partial charge in [0.2, 0.25) is 5.91 Å². The summed E-state index contributed by atoms with van der Waals surface area (Å²) in [5.74, 6) is -1.37. The van der Waals surface area contributed by atoms with Gasteiger partial charge in [0.05, 0.1) is 12.0 Å². The van der Waals surface area contributed by atoms with E-state index in [1.807, 2.05) is 78.8 Å². The number of nitrogens with zero attached hydrogens (tertiary/aromatic N) is 1. The van der Waals surface area contributed by atoms with E-state index in [1.54, 1.807) is 6.92 Å². The van der Waals surface area contributed by atoms with E-state index in [4.69, 9.17) is 9.84 Å². The van der Waals surface area contributed by atoms with E-state index >= 15 is 0 Å². The Labute approximate surface area is 180 Å². The lowest BCUT2D eigenvalue weighted by molar-refractivity contribution is -0.144. The van der Waals surface area contributed by atoms with Crippen LogP contribution in [0.1, 0.15) is 61.0 Å². The van der Waals surface area contributed by atoms with Crippen molar-refractivity contribution in [3.63, 3.8) is 0 Å². The molecule has 1 aliphatic rings. The van der Waals surface area contributed by atoms with Gasteiger partial charge in [-0.2, -0.15) is 0 Å². The number of benzene rings is 1. The van der Waals surface area contributed by atoms with Crippen molar-refractivity contribution in [1.29, 1.82) is 0 Å². The average Bonchev–Trinajstić information content (AvgIpc) is 2.99. The van der Waals surface area contributed by atoms with E-state index in [0.717, 1.165) is 5.56 Å². The summed E-state index contributed by atoms with van der Waals surface area (Å²) < 4.78 is 5.10. The standard InChI is InChI=1S/C17H23NO3.C7H14O2/c1-12(17(2,3)4)15(19)18-14(11-21-16(18)20)10-13-8-6-5-7-9-13;1-5(6(8)9)7(2,3)4/h5-9,12,14H,10-11H2,1-4H3;5H,1-4H3,(H,8,9)/t12-,14+;5-/m11/s1. The van der Waals surface area contributed by atoms with Gasteiger partial charge in [-0.05, 0) is 22.8 Å². The maximum absolute atomic E-state index is 12.6. The first-order chi connectivity index (χ1) is 13.7. The van der Waals surface area contributed by atoms with Crippen LogP contribution in [-0.2, 0) is 20.7 Å². The lowest BCUT2D eigenvalue weighted by Crippen LogP contribution is -2.45. The van der Waals surface area contributed by atoms with Gasteiger partial charge in [-0.15, -0.1) is 0 Å². The summed E-state index contributed by atoms with van der Waals surface area (Å²) in [7, 11) is 0. The third kappa shape index (κ3) is 7.15. The number of carboxylic acids is 1. The molecule has 30 heavy (non-hydrogen) atoms. The minimum Gasteiger partial charge on any atom is -0.481 e. The molecule has 0 radical (unpaired) electrons. The largest absolute Gasteiger partial charge is 0.481 e. The second-order valence-electron chi connectivity index (χ2n) is 10.1. The van der Waals surface area contributed by atoms with Gasteiger partial charge in [-0.25, -0.2) is 9.69 Å². The van der Waals surface area contributed by atoms with Gasteiger partial charge in [0.15, 0.2) is 0 Å². The van der Waals surface area contributed by atoms with E-state index in [-0.39, 0.29) is 41.2 Å². The number of aliphatic carboxylic acids is 1. The molecule has 1 aromatic rings. The van der Waals surface area contributed by atoms with Gasteiger partial charge in [0.1, 0.15) is 6.61 Å². The Hall–Kier alpha value is -2.37. The number of imide groups is 1. The molecule has 1 saturated heterocycles. The molecule has 1 N–H and O–H groups in total. The molecule has 2 rings (SSSR count). The normalized spacial score (nSPS) is 18.7. The first kappa shape index (κ1) is 25.7. The third-order valence-electron chi connectivity index (χ3n) is 5.85. The van der Waals surface area contributed by atoms with Crippen LogP contribution in [0.25, 0.3) is 0 Å². The topological polar surface area (TPSA) is 83.9 Å². The van der Waals surface area contributed by atoms with E-state index < -0.39 is 12.1 Å². The Balaban J connectivity index is 0.000000424. The quantitative estimate of drug-likeness (QED) is 0.741. The van der Waals surface area contributed by atoms with Crippen LogP contribution in [0.5, 0.6) is 0 Å². The number of carbonyl (C=O) groups excluding carboxylic acids is 2. The molecule has 6 heteroatoms. The van der Waals surface area contributed by atoms with Crippen molar-refractivity contribution in [2.45, 2.75) is 67.9 Å². The van der Waals surface area contributed by atoms with Crippen LogP contribution in [0.4, 0.5) is 4.79 Å². The van der Waals surface area contributed by atoms with Crippen LogP contribution >= 0.6 is 0 Å². The molecule has 0 unspecified atom stereocenters. The fourth-order valence-electron chi connectivity index (χ4n) is 2.72. The molecule has 6 nitrogen and oxygen atoms in total. The zero-order chi connectivity index (χ0) is 23.3. The highest BCUT2D eigenvalue weighted by atomic mass is 16.6. The SMILES string of the molecule is C[C@H](C(=O)N1C(=O)OC[C@@H]1Cc1ccccc1)C(C)(C)C.C[C@H](C(=O)O)C(C)(C)C. The molecule has 1 aromatic carbocycles. The molecular weight excluding hydrogens is 382 g/mol. The summed E-state index contributed by atoms with van der Waals surface area (Å²) >= 11 is 0. The van der Waals surface area contributed by atoms with Crippen LogP contribution in [0.3, 0.4) is 0 Å². The van der Waals surface area contributed by atoms with E-state index in [9.17, 15) is 14.4 Å². The van der Waals surface area contributed by atoms with Crippen LogP contribution in [-0.4, -0.2) is 40.6 Å². The predicted octanol–water partition coefficient (Wildman–Crippen LogP) is 5.01. The summed E-state index contributed by atoms with van der Waals surface area (Å²) in [6.07, 6.45) is 0.117. The van der Waals surface area contributed by atoms with Gasteiger partial charge in [-0.1, -0.05) is 85.7 Å². The summed E-state index contributed by atoms with van der Waals surface area (Å²) in [6, 6.07) is 9.65. The smallest absolute Gasteiger partial charge is 0.416 e. The number of rotatable bonds is 4. The van der Waals surface area contributed by atoms with Crippen molar-refractivity contribution in [3.8, 4) is 0 Å². The number of cyclic esters (lactones) is 1. The maximum Gasteiger partial charge on any atom is 0.416 e. The number of amides is 2. The van der Waals surface area contributed by atoms with E-state index in [0.29, 0.717) is 6.42 Å². The molecule has 0 aromatic heterocycles. The molecule has 1 fully saturated rings. The van der Waals surface area contributed by atoms with Crippen molar-refractivity contribution in [2.75, 3.05) is 6.61 Å². The van der Waals surface area contributed by atoms with Gasteiger partial charge >= 0.3 is 12.1 Å². The fraction of sp³-hybridized carbons (Fsp3) is 0.625. The zero-order valence-corrected chi connectivity index (χ0v) is 19.6. The molecule has 1 heterocycles. The highest BCUT2D eigenvalue weighted by Crippen LogP contribution is 2.30. The number of carbonyl (C=O) groups is 3. The minimum atomic E-state index is -0.720. The Kier molecular flexibility index (Phi) is 8.64. The van der Waals surface area contributed by atoms with Crippen LogP contribution in [0.15, 0.2) is 30.3 Å². The van der Waals surface area contributed by atoms with Crippen molar-refractivity contribution >= 4 is 18.0 Å². The van der Waals surface area contributed by atoms with Crippen LogP contribution < -0.4 is 0 Å². The minimum absolute atomic E-state index is 0.119. The average molecular weight is 420 g/mol. The highest BCUT2D eigenvalue weighted by molar-refractivity contribution is 5.95. The molecule has 1 aliphatic heterocycles. The van der Waals surface area contributed by atoms with Crippen LogP contribution in [0, 0.1) is 22.7 Å². The third-order valence-corrected chi connectivity index (χ3v) is 5.85. The molecular formula is C24H37NO5. The molecule has 2 amide bonds. The zero-order valence-electron chi connectivity index (χ0n) is 19.6. The number of carboxylic acid groups (broad SMARTS) is 1. The Bertz CT molecular complexity index is 730. The monoisotopic (exact) mass is 419 g/mol. The molecule has 168 valence electrons. The predicted molar refractivity (Wildman–Crippen MR) is 117 cm³/mol. The van der Waals surface area contributed by atoms with Crippen molar-refractivity contribution in [3.05, 3.63) is 35.9 Å². The number of hydrogen-bond acceptors (Lipinski definition) is 4. The first-order valence-corrected chi connectivity index (χ1v) is 10.4. The van der Waals surface area contributed by atoms with Crippen LogP contribution in [0.2, 0.25) is 0 Å².